The number of hydrogen-bond donors (Lipinski definition) is 3. The van der Waals surface area contributed by atoms with E-state index in [1.807, 2.05) is 32.0 Å². The van der Waals surface area contributed by atoms with E-state index in [1.54, 1.807) is 6.20 Å². The van der Waals surface area contributed by atoms with Gasteiger partial charge in [-0.25, -0.2) is 4.79 Å². The summed E-state index contributed by atoms with van der Waals surface area (Å²) in [7, 11) is 0. The highest BCUT2D eigenvalue weighted by molar-refractivity contribution is 5.83. The van der Waals surface area contributed by atoms with E-state index in [4.69, 9.17) is 0 Å². The Balaban J connectivity index is 2.20. The van der Waals surface area contributed by atoms with Crippen molar-refractivity contribution in [2.24, 2.45) is 0 Å². The van der Waals surface area contributed by atoms with Crippen LogP contribution in [0.4, 0.5) is 4.79 Å². The molecule has 0 fully saturated rings. The summed E-state index contributed by atoms with van der Waals surface area (Å²) in [5.74, 6) is -0.250. The number of carbonyl (C=O) groups excluding carboxylic acids is 2. The molecule has 0 aliphatic carbocycles. The summed E-state index contributed by atoms with van der Waals surface area (Å²) in [4.78, 5) is 26.7. The van der Waals surface area contributed by atoms with E-state index in [2.05, 4.69) is 20.9 Å². The van der Waals surface area contributed by atoms with Crippen molar-refractivity contribution >= 4 is 11.9 Å². The Morgan fingerprint density at radius 2 is 2.06 bits per heavy atom. The summed E-state index contributed by atoms with van der Waals surface area (Å²) in [6.45, 7) is 4.00. The molecule has 1 heterocycles. The van der Waals surface area contributed by atoms with Crippen LogP contribution in [0.15, 0.2) is 24.4 Å². The maximum Gasteiger partial charge on any atom is 0.315 e. The van der Waals surface area contributed by atoms with Crippen LogP contribution in [0.25, 0.3) is 0 Å². The number of urea groups is 1. The third kappa shape index (κ3) is 5.83. The minimum absolute atomic E-state index is 0.0431. The summed E-state index contributed by atoms with van der Waals surface area (Å²) in [6, 6.07) is 5.17. The third-order valence-electron chi connectivity index (χ3n) is 2.02. The van der Waals surface area contributed by atoms with Crippen molar-refractivity contribution in [1.29, 1.82) is 0 Å². The van der Waals surface area contributed by atoms with E-state index in [9.17, 15) is 9.59 Å². The molecule has 1 aromatic heterocycles. The van der Waals surface area contributed by atoms with Gasteiger partial charge in [0.05, 0.1) is 18.8 Å². The quantitative estimate of drug-likeness (QED) is 0.707. The van der Waals surface area contributed by atoms with Crippen molar-refractivity contribution in [3.63, 3.8) is 0 Å². The van der Waals surface area contributed by atoms with Gasteiger partial charge < -0.3 is 16.0 Å². The van der Waals surface area contributed by atoms with Crippen molar-refractivity contribution in [2.75, 3.05) is 6.54 Å². The molecule has 1 aromatic rings. The number of carbonyl (C=O) groups is 2. The Kier molecular flexibility index (Phi) is 5.63. The Morgan fingerprint density at radius 3 is 2.67 bits per heavy atom. The van der Waals surface area contributed by atoms with Gasteiger partial charge in [-0.05, 0) is 26.0 Å². The monoisotopic (exact) mass is 250 g/mol. The van der Waals surface area contributed by atoms with Gasteiger partial charge >= 0.3 is 6.03 Å². The predicted molar refractivity (Wildman–Crippen MR) is 67.8 cm³/mol. The van der Waals surface area contributed by atoms with Gasteiger partial charge in [0.15, 0.2) is 0 Å². The van der Waals surface area contributed by atoms with Crippen molar-refractivity contribution in [2.45, 2.75) is 26.4 Å². The maximum absolute atomic E-state index is 11.4. The molecule has 3 N–H and O–H groups in total. The third-order valence-corrected chi connectivity index (χ3v) is 2.02. The molecule has 3 amide bonds. The second-order valence-electron chi connectivity index (χ2n) is 4.08. The second kappa shape index (κ2) is 7.26. The first-order valence-electron chi connectivity index (χ1n) is 5.79. The fourth-order valence-electron chi connectivity index (χ4n) is 1.23. The minimum Gasteiger partial charge on any atom is -0.349 e. The molecule has 98 valence electrons. The zero-order chi connectivity index (χ0) is 13.4. The predicted octanol–water partition coefficient (Wildman–Crippen LogP) is 0.405. The smallest absolute Gasteiger partial charge is 0.315 e. The molecule has 18 heavy (non-hydrogen) atoms. The Morgan fingerprint density at radius 1 is 1.28 bits per heavy atom. The van der Waals surface area contributed by atoms with Crippen LogP contribution in [-0.2, 0) is 11.3 Å². The van der Waals surface area contributed by atoms with Crippen LogP contribution < -0.4 is 16.0 Å². The highest BCUT2D eigenvalue weighted by Gasteiger charge is 2.05. The van der Waals surface area contributed by atoms with Gasteiger partial charge in [0.1, 0.15) is 0 Å². The highest BCUT2D eigenvalue weighted by atomic mass is 16.2. The van der Waals surface area contributed by atoms with Crippen LogP contribution in [-0.4, -0.2) is 29.5 Å². The van der Waals surface area contributed by atoms with Crippen LogP contribution in [0.2, 0.25) is 0 Å². The first-order valence-corrected chi connectivity index (χ1v) is 5.79. The Labute approximate surface area is 106 Å². The first kappa shape index (κ1) is 14.0. The molecule has 0 saturated heterocycles. The van der Waals surface area contributed by atoms with E-state index in [-0.39, 0.29) is 24.5 Å². The van der Waals surface area contributed by atoms with Crippen LogP contribution >= 0.6 is 0 Å². The maximum atomic E-state index is 11.4. The van der Waals surface area contributed by atoms with Crippen LogP contribution in [0, 0.1) is 0 Å². The van der Waals surface area contributed by atoms with Crippen molar-refractivity contribution in [1.82, 2.24) is 20.9 Å². The lowest BCUT2D eigenvalue weighted by Gasteiger charge is -2.10. The van der Waals surface area contributed by atoms with Gasteiger partial charge in [0.2, 0.25) is 5.91 Å². The summed E-state index contributed by atoms with van der Waals surface area (Å²) in [6.07, 6.45) is 1.66. The topological polar surface area (TPSA) is 83.1 Å². The fraction of sp³-hybridized carbons (Fsp3) is 0.417. The zero-order valence-electron chi connectivity index (χ0n) is 10.6. The highest BCUT2D eigenvalue weighted by Crippen LogP contribution is 1.91. The van der Waals surface area contributed by atoms with Crippen molar-refractivity contribution in [3.8, 4) is 0 Å². The number of hydrogen-bond acceptors (Lipinski definition) is 3. The van der Waals surface area contributed by atoms with Crippen molar-refractivity contribution < 1.29 is 9.59 Å². The van der Waals surface area contributed by atoms with Gasteiger partial charge in [-0.15, -0.1) is 0 Å². The molecular weight excluding hydrogens is 232 g/mol. The van der Waals surface area contributed by atoms with E-state index in [0.717, 1.165) is 5.69 Å². The largest absolute Gasteiger partial charge is 0.349 e. The Hall–Kier alpha value is -2.11. The summed E-state index contributed by atoms with van der Waals surface area (Å²) < 4.78 is 0. The number of amides is 3. The molecule has 0 bridgehead atoms. The van der Waals surface area contributed by atoms with Gasteiger partial charge in [-0.3, -0.25) is 9.78 Å². The SMILES string of the molecule is CC(C)NC(=O)NCC(=O)NCc1ccccn1. The lowest BCUT2D eigenvalue weighted by Crippen LogP contribution is -2.44. The molecule has 6 nitrogen and oxygen atoms in total. The lowest BCUT2D eigenvalue weighted by molar-refractivity contribution is -0.120. The molecule has 0 aliphatic rings. The molecule has 0 aliphatic heterocycles. The molecule has 6 heteroatoms. The normalized spacial score (nSPS) is 9.94. The molecule has 1 rings (SSSR count). The summed E-state index contributed by atoms with van der Waals surface area (Å²) in [5, 5.41) is 7.76. The number of rotatable bonds is 5. The van der Waals surface area contributed by atoms with E-state index >= 15 is 0 Å². The van der Waals surface area contributed by atoms with Gasteiger partial charge in [0, 0.05) is 12.2 Å². The van der Waals surface area contributed by atoms with Crippen LogP contribution in [0.5, 0.6) is 0 Å². The zero-order valence-corrected chi connectivity index (χ0v) is 10.6. The van der Waals surface area contributed by atoms with Gasteiger partial charge in [0.25, 0.3) is 0 Å². The molecule has 0 unspecified atom stereocenters. The molecule has 0 radical (unpaired) electrons. The van der Waals surface area contributed by atoms with Crippen LogP contribution in [0.3, 0.4) is 0 Å². The Bertz CT molecular complexity index is 392. The summed E-state index contributed by atoms with van der Waals surface area (Å²) in [5.41, 5.74) is 0.775. The molecule has 0 spiro atoms. The molecule has 0 atom stereocenters. The average Bonchev–Trinajstić information content (AvgIpc) is 2.34. The van der Waals surface area contributed by atoms with E-state index in [1.165, 1.54) is 0 Å². The standard InChI is InChI=1S/C12H18N4O2/c1-9(2)16-12(18)15-8-11(17)14-7-10-5-3-4-6-13-10/h3-6,9H,7-8H2,1-2H3,(H,14,17)(H2,15,16,18). The summed E-state index contributed by atoms with van der Waals surface area (Å²) >= 11 is 0. The molecule has 0 aromatic carbocycles. The fourth-order valence-corrected chi connectivity index (χ4v) is 1.23. The van der Waals surface area contributed by atoms with Crippen LogP contribution in [0.1, 0.15) is 19.5 Å². The van der Waals surface area contributed by atoms with E-state index in [0.29, 0.717) is 6.54 Å². The molecular formula is C12H18N4O2. The van der Waals surface area contributed by atoms with Gasteiger partial charge in [-0.2, -0.15) is 0 Å². The first-order chi connectivity index (χ1) is 8.58. The van der Waals surface area contributed by atoms with E-state index < -0.39 is 0 Å². The number of nitrogens with one attached hydrogen (secondary N) is 3. The second-order valence-corrected chi connectivity index (χ2v) is 4.08. The number of nitrogens with zero attached hydrogens (tertiary/aromatic N) is 1. The van der Waals surface area contributed by atoms with Crippen molar-refractivity contribution in [3.05, 3.63) is 30.1 Å². The number of aromatic nitrogens is 1. The lowest BCUT2D eigenvalue weighted by atomic mass is 10.3. The minimum atomic E-state index is -0.349. The molecule has 0 saturated carbocycles. The van der Waals surface area contributed by atoms with Gasteiger partial charge in [-0.1, -0.05) is 6.07 Å². The average molecular weight is 250 g/mol. The number of pyridine rings is 1.